The summed E-state index contributed by atoms with van der Waals surface area (Å²) in [6.45, 7) is 0.498. The number of nitrogens with one attached hydrogen (secondary N) is 1. The normalized spacial score (nSPS) is 10.1. The van der Waals surface area contributed by atoms with Crippen LogP contribution in [0.5, 0.6) is 0 Å². The lowest BCUT2D eigenvalue weighted by atomic mass is 10.2. The molecule has 82 valence electrons. The largest absolute Gasteiger partial charge is 0.347 e. The predicted octanol–water partition coefficient (Wildman–Crippen LogP) is 2.84. The minimum atomic E-state index is -0.142. The number of amides is 1. The van der Waals surface area contributed by atoms with Crippen LogP contribution >= 0.6 is 27.3 Å². The smallest absolute Gasteiger partial charge is 0.271 e. The van der Waals surface area contributed by atoms with Crippen molar-refractivity contribution >= 4 is 33.2 Å². The molecule has 0 saturated carbocycles. The fraction of sp³-hybridized carbons (Fsp3) is 0.0909. The molecule has 0 unspecified atom stereocenters. The van der Waals surface area contributed by atoms with E-state index in [4.69, 9.17) is 0 Å². The van der Waals surface area contributed by atoms with Crippen molar-refractivity contribution in [2.75, 3.05) is 0 Å². The first-order valence-corrected chi connectivity index (χ1v) is 6.41. The van der Waals surface area contributed by atoms with Gasteiger partial charge in [-0.05, 0) is 11.6 Å². The number of aromatic nitrogens is 1. The van der Waals surface area contributed by atoms with Gasteiger partial charge in [0.05, 0.1) is 5.51 Å². The van der Waals surface area contributed by atoms with Gasteiger partial charge in [0, 0.05) is 16.4 Å². The van der Waals surface area contributed by atoms with Gasteiger partial charge in [-0.3, -0.25) is 4.79 Å². The highest BCUT2D eigenvalue weighted by molar-refractivity contribution is 9.10. The van der Waals surface area contributed by atoms with Crippen molar-refractivity contribution in [1.29, 1.82) is 0 Å². The van der Waals surface area contributed by atoms with Crippen molar-refractivity contribution in [2.45, 2.75) is 6.54 Å². The summed E-state index contributed by atoms with van der Waals surface area (Å²) < 4.78 is 0.994. The highest BCUT2D eigenvalue weighted by Gasteiger charge is 2.07. The van der Waals surface area contributed by atoms with Gasteiger partial charge in [0.1, 0.15) is 5.69 Å². The topological polar surface area (TPSA) is 42.0 Å². The molecule has 3 nitrogen and oxygen atoms in total. The maximum atomic E-state index is 11.6. The van der Waals surface area contributed by atoms with Gasteiger partial charge in [0.2, 0.25) is 0 Å². The van der Waals surface area contributed by atoms with Crippen LogP contribution in [0.4, 0.5) is 0 Å². The number of halogens is 1. The molecule has 1 aromatic carbocycles. The molecule has 2 rings (SSSR count). The molecular formula is C11H9BrN2OS. The minimum absolute atomic E-state index is 0.142. The van der Waals surface area contributed by atoms with Gasteiger partial charge in [-0.2, -0.15) is 0 Å². The summed E-state index contributed by atoms with van der Waals surface area (Å²) in [6, 6.07) is 7.79. The van der Waals surface area contributed by atoms with Crippen LogP contribution in [0.25, 0.3) is 0 Å². The standard InChI is InChI=1S/C11H9BrN2OS/c12-9-4-2-1-3-8(9)5-13-11(15)10-6-16-7-14-10/h1-4,6-7H,5H2,(H,13,15). The number of hydrogen-bond donors (Lipinski definition) is 1. The van der Waals surface area contributed by atoms with Gasteiger partial charge in [-0.15, -0.1) is 11.3 Å². The summed E-state index contributed by atoms with van der Waals surface area (Å²) in [4.78, 5) is 15.6. The molecule has 0 atom stereocenters. The molecule has 0 bridgehead atoms. The van der Waals surface area contributed by atoms with Gasteiger partial charge in [0.15, 0.2) is 0 Å². The first-order valence-electron chi connectivity index (χ1n) is 4.67. The van der Waals surface area contributed by atoms with Crippen LogP contribution in [0.15, 0.2) is 39.6 Å². The number of hydrogen-bond acceptors (Lipinski definition) is 3. The first kappa shape index (κ1) is 11.3. The second-order valence-corrected chi connectivity index (χ2v) is 4.72. The third kappa shape index (κ3) is 2.68. The monoisotopic (exact) mass is 296 g/mol. The third-order valence-electron chi connectivity index (χ3n) is 2.06. The minimum Gasteiger partial charge on any atom is -0.347 e. The number of carbonyl (C=O) groups is 1. The number of nitrogens with zero attached hydrogens (tertiary/aromatic N) is 1. The lowest BCUT2D eigenvalue weighted by molar-refractivity contribution is 0.0946. The molecule has 0 radical (unpaired) electrons. The highest BCUT2D eigenvalue weighted by Crippen LogP contribution is 2.15. The van der Waals surface area contributed by atoms with Gasteiger partial charge in [-0.1, -0.05) is 34.1 Å². The molecule has 0 aliphatic heterocycles. The quantitative estimate of drug-likeness (QED) is 0.946. The number of carbonyl (C=O) groups excluding carboxylic acids is 1. The molecule has 0 spiro atoms. The van der Waals surface area contributed by atoms with E-state index in [2.05, 4.69) is 26.2 Å². The lowest BCUT2D eigenvalue weighted by Crippen LogP contribution is -2.23. The number of rotatable bonds is 3. The Morgan fingerprint density at radius 2 is 2.25 bits per heavy atom. The van der Waals surface area contributed by atoms with Crippen molar-refractivity contribution in [2.24, 2.45) is 0 Å². The van der Waals surface area contributed by atoms with Gasteiger partial charge in [0.25, 0.3) is 5.91 Å². The molecule has 1 heterocycles. The summed E-state index contributed by atoms with van der Waals surface area (Å²) in [7, 11) is 0. The Bertz CT molecular complexity index is 484. The van der Waals surface area contributed by atoms with Gasteiger partial charge >= 0.3 is 0 Å². The van der Waals surface area contributed by atoms with E-state index in [9.17, 15) is 4.79 Å². The Balaban J connectivity index is 1.98. The van der Waals surface area contributed by atoms with Crippen molar-refractivity contribution in [3.63, 3.8) is 0 Å². The average molecular weight is 297 g/mol. The summed E-state index contributed by atoms with van der Waals surface area (Å²) in [6.07, 6.45) is 0. The van der Waals surface area contributed by atoms with Crippen LogP contribution in [0.1, 0.15) is 16.1 Å². The zero-order chi connectivity index (χ0) is 11.4. The molecule has 0 aliphatic rings. The Morgan fingerprint density at radius 1 is 1.44 bits per heavy atom. The third-order valence-corrected chi connectivity index (χ3v) is 3.42. The van der Waals surface area contributed by atoms with Crippen LogP contribution in [0, 0.1) is 0 Å². The zero-order valence-electron chi connectivity index (χ0n) is 8.31. The summed E-state index contributed by atoms with van der Waals surface area (Å²) in [5, 5.41) is 4.55. The highest BCUT2D eigenvalue weighted by atomic mass is 79.9. The number of benzene rings is 1. The van der Waals surface area contributed by atoms with Crippen LogP contribution < -0.4 is 5.32 Å². The fourth-order valence-corrected chi connectivity index (χ4v) is 2.19. The maximum Gasteiger partial charge on any atom is 0.271 e. The summed E-state index contributed by atoms with van der Waals surface area (Å²) in [5.41, 5.74) is 3.16. The Morgan fingerprint density at radius 3 is 2.94 bits per heavy atom. The average Bonchev–Trinajstić information content (AvgIpc) is 2.81. The zero-order valence-corrected chi connectivity index (χ0v) is 10.7. The van der Waals surface area contributed by atoms with E-state index in [1.807, 2.05) is 24.3 Å². The molecule has 2 aromatic rings. The van der Waals surface area contributed by atoms with Crippen LogP contribution in [-0.4, -0.2) is 10.9 Å². The van der Waals surface area contributed by atoms with Crippen molar-refractivity contribution in [3.05, 3.63) is 50.9 Å². The Labute approximate surface area is 106 Å². The molecule has 0 aliphatic carbocycles. The second kappa shape index (κ2) is 5.23. The summed E-state index contributed by atoms with van der Waals surface area (Å²) in [5.74, 6) is -0.142. The first-order chi connectivity index (χ1) is 7.77. The number of thiazole rings is 1. The van der Waals surface area contributed by atoms with Gasteiger partial charge in [-0.25, -0.2) is 4.98 Å². The molecular weight excluding hydrogens is 288 g/mol. The van der Waals surface area contributed by atoms with Crippen LogP contribution in [0.3, 0.4) is 0 Å². The van der Waals surface area contributed by atoms with E-state index in [1.54, 1.807) is 10.9 Å². The lowest BCUT2D eigenvalue weighted by Gasteiger charge is -2.05. The maximum absolute atomic E-state index is 11.6. The molecule has 5 heteroatoms. The van der Waals surface area contributed by atoms with E-state index in [1.165, 1.54) is 11.3 Å². The molecule has 16 heavy (non-hydrogen) atoms. The molecule has 0 fully saturated rings. The van der Waals surface area contributed by atoms with E-state index in [0.717, 1.165) is 10.0 Å². The SMILES string of the molecule is O=C(NCc1ccccc1Br)c1cscn1. The predicted molar refractivity (Wildman–Crippen MR) is 67.4 cm³/mol. The summed E-state index contributed by atoms with van der Waals surface area (Å²) >= 11 is 4.84. The van der Waals surface area contributed by atoms with Crippen molar-refractivity contribution < 1.29 is 4.79 Å². The second-order valence-electron chi connectivity index (χ2n) is 3.15. The Hall–Kier alpha value is -1.20. The molecule has 1 amide bonds. The van der Waals surface area contributed by atoms with Crippen molar-refractivity contribution in [1.82, 2.24) is 10.3 Å². The van der Waals surface area contributed by atoms with E-state index < -0.39 is 0 Å². The fourth-order valence-electron chi connectivity index (χ4n) is 1.23. The molecule has 0 saturated heterocycles. The van der Waals surface area contributed by atoms with E-state index >= 15 is 0 Å². The van der Waals surface area contributed by atoms with Crippen molar-refractivity contribution in [3.8, 4) is 0 Å². The van der Waals surface area contributed by atoms with Gasteiger partial charge < -0.3 is 5.32 Å². The van der Waals surface area contributed by atoms with E-state index in [-0.39, 0.29) is 5.91 Å². The van der Waals surface area contributed by atoms with Crippen LogP contribution in [0.2, 0.25) is 0 Å². The van der Waals surface area contributed by atoms with Crippen LogP contribution in [-0.2, 0) is 6.54 Å². The van der Waals surface area contributed by atoms with E-state index in [0.29, 0.717) is 12.2 Å². The molecule has 1 N–H and O–H groups in total. The Kier molecular flexibility index (Phi) is 3.69. The molecule has 1 aromatic heterocycles.